The molecule has 140 valence electrons. The molecule has 0 atom stereocenters. The van der Waals surface area contributed by atoms with Crippen LogP contribution in [0.1, 0.15) is 18.1 Å². The fraction of sp³-hybridized carbons (Fsp3) is 0.389. The lowest BCUT2D eigenvalue weighted by molar-refractivity contribution is -0.147. The lowest BCUT2D eigenvalue weighted by atomic mass is 10.1. The van der Waals surface area contributed by atoms with Gasteiger partial charge in [-0.05, 0) is 30.2 Å². The molecule has 0 radical (unpaired) electrons. The number of hydrogen-bond donors (Lipinski definition) is 1. The van der Waals surface area contributed by atoms with Crippen molar-refractivity contribution in [3.8, 4) is 5.75 Å². The molecule has 3 amide bonds. The molecule has 1 saturated heterocycles. The van der Waals surface area contributed by atoms with Crippen molar-refractivity contribution in [3.63, 3.8) is 0 Å². The highest BCUT2D eigenvalue weighted by atomic mass is 16.7. The quantitative estimate of drug-likeness (QED) is 0.439. The summed E-state index contributed by atoms with van der Waals surface area (Å²) in [5.74, 6) is -0.837. The Morgan fingerprint density at radius 3 is 2.77 bits per heavy atom. The van der Waals surface area contributed by atoms with E-state index in [4.69, 9.17) is 14.2 Å². The highest BCUT2D eigenvalue weighted by molar-refractivity contribution is 6.12. The van der Waals surface area contributed by atoms with Crippen LogP contribution in [-0.4, -0.2) is 56.3 Å². The zero-order valence-electron chi connectivity index (χ0n) is 15.0. The average molecular weight is 362 g/mol. The van der Waals surface area contributed by atoms with Crippen LogP contribution in [-0.2, 0) is 23.9 Å². The Balaban J connectivity index is 2.13. The summed E-state index contributed by atoms with van der Waals surface area (Å²) in [5, 5.41) is 2.50. The first kappa shape index (κ1) is 19.6. The van der Waals surface area contributed by atoms with E-state index in [0.717, 1.165) is 10.5 Å². The molecule has 2 rings (SSSR count). The van der Waals surface area contributed by atoms with Crippen LogP contribution >= 0.6 is 0 Å². The number of carbonyl (C=O) groups is 3. The third-order valence-electron chi connectivity index (χ3n) is 3.68. The molecule has 0 aromatic heterocycles. The van der Waals surface area contributed by atoms with Crippen molar-refractivity contribution in [2.24, 2.45) is 0 Å². The first-order chi connectivity index (χ1) is 12.4. The second-order valence-corrected chi connectivity index (χ2v) is 5.70. The average Bonchev–Trinajstić information content (AvgIpc) is 2.60. The molecule has 0 bridgehead atoms. The van der Waals surface area contributed by atoms with Crippen LogP contribution in [0.15, 0.2) is 23.9 Å². The maximum absolute atomic E-state index is 12.3. The fourth-order valence-electron chi connectivity index (χ4n) is 2.29. The van der Waals surface area contributed by atoms with Crippen LogP contribution in [0.5, 0.6) is 5.75 Å². The van der Waals surface area contributed by atoms with Crippen LogP contribution in [0.2, 0.25) is 0 Å². The van der Waals surface area contributed by atoms with Crippen LogP contribution in [0.4, 0.5) is 0 Å². The number of piperazine rings is 1. The highest BCUT2D eigenvalue weighted by Gasteiger charge is 2.30. The third-order valence-corrected chi connectivity index (χ3v) is 3.68. The molecule has 1 aliphatic heterocycles. The van der Waals surface area contributed by atoms with E-state index in [-0.39, 0.29) is 19.0 Å². The summed E-state index contributed by atoms with van der Waals surface area (Å²) < 4.78 is 15.7. The van der Waals surface area contributed by atoms with Gasteiger partial charge in [0, 0.05) is 14.0 Å². The second-order valence-electron chi connectivity index (χ2n) is 5.70. The Morgan fingerprint density at radius 1 is 1.31 bits per heavy atom. The number of ether oxygens (including phenoxy) is 3. The number of methoxy groups -OCH3 is 1. The summed E-state index contributed by atoms with van der Waals surface area (Å²) >= 11 is 0. The van der Waals surface area contributed by atoms with Crippen molar-refractivity contribution in [1.82, 2.24) is 10.2 Å². The first-order valence-corrected chi connectivity index (χ1v) is 8.06. The van der Waals surface area contributed by atoms with Crippen molar-refractivity contribution in [3.05, 3.63) is 35.0 Å². The van der Waals surface area contributed by atoms with Crippen LogP contribution < -0.4 is 10.1 Å². The van der Waals surface area contributed by atoms with Gasteiger partial charge in [0.1, 0.15) is 18.0 Å². The number of hydrogen-bond acceptors (Lipinski definition) is 6. The van der Waals surface area contributed by atoms with Crippen molar-refractivity contribution >= 4 is 23.8 Å². The van der Waals surface area contributed by atoms with Gasteiger partial charge in [-0.25, -0.2) is 0 Å². The maximum Gasteiger partial charge on any atom is 0.277 e. The van der Waals surface area contributed by atoms with Gasteiger partial charge in [0.05, 0.1) is 13.2 Å². The van der Waals surface area contributed by atoms with E-state index in [0.29, 0.717) is 24.5 Å². The minimum Gasteiger partial charge on any atom is -0.467 e. The summed E-state index contributed by atoms with van der Waals surface area (Å²) in [6, 6.07) is 5.34. The van der Waals surface area contributed by atoms with Crippen LogP contribution in [0.25, 0.3) is 6.08 Å². The fourth-order valence-corrected chi connectivity index (χ4v) is 2.29. The zero-order chi connectivity index (χ0) is 19.1. The zero-order valence-corrected chi connectivity index (χ0v) is 15.0. The number of imide groups is 1. The van der Waals surface area contributed by atoms with Crippen molar-refractivity contribution in [2.75, 3.05) is 33.7 Å². The predicted octanol–water partition coefficient (Wildman–Crippen LogP) is 0.840. The van der Waals surface area contributed by atoms with E-state index >= 15 is 0 Å². The number of amides is 3. The van der Waals surface area contributed by atoms with Crippen LogP contribution in [0, 0.1) is 6.92 Å². The van der Waals surface area contributed by atoms with E-state index in [1.807, 2.05) is 13.0 Å². The molecule has 1 aliphatic rings. The van der Waals surface area contributed by atoms with Gasteiger partial charge in [-0.3, -0.25) is 19.3 Å². The normalized spacial score (nSPS) is 16.0. The smallest absolute Gasteiger partial charge is 0.277 e. The lowest BCUT2D eigenvalue weighted by Crippen LogP contribution is -2.51. The molecule has 1 aromatic rings. The maximum atomic E-state index is 12.3. The molecule has 1 fully saturated rings. The van der Waals surface area contributed by atoms with E-state index in [1.54, 1.807) is 19.2 Å². The monoisotopic (exact) mass is 362 g/mol. The molecule has 0 spiro atoms. The van der Waals surface area contributed by atoms with E-state index in [2.05, 4.69) is 5.32 Å². The van der Waals surface area contributed by atoms with Gasteiger partial charge >= 0.3 is 0 Å². The Kier molecular flexibility index (Phi) is 6.88. The first-order valence-electron chi connectivity index (χ1n) is 8.06. The summed E-state index contributed by atoms with van der Waals surface area (Å²) in [5.41, 5.74) is 1.59. The number of carbonyl (C=O) groups excluding carboxylic acids is 3. The van der Waals surface area contributed by atoms with Crippen molar-refractivity contribution in [1.29, 1.82) is 0 Å². The Bertz CT molecular complexity index is 728. The number of nitrogens with one attached hydrogen (secondary N) is 1. The molecular formula is C18H22N2O6. The lowest BCUT2D eigenvalue weighted by Gasteiger charge is -2.25. The Morgan fingerprint density at radius 2 is 2.08 bits per heavy atom. The largest absolute Gasteiger partial charge is 0.467 e. The number of benzene rings is 1. The molecule has 0 unspecified atom stereocenters. The molecule has 8 heteroatoms. The standard InChI is InChI=1S/C18H22N2O6/c1-12-4-5-14(9-16(12)26-11-25-7-6-24-3)8-15-18(23)20(13(2)21)10-17(22)19-15/h4-5,8-9H,6-7,10-11H2,1-3H3,(H,19,22). The van der Waals surface area contributed by atoms with Crippen molar-refractivity contribution < 1.29 is 28.6 Å². The Hall–Kier alpha value is -2.71. The second kappa shape index (κ2) is 9.12. The topological polar surface area (TPSA) is 94.2 Å². The van der Waals surface area contributed by atoms with Crippen molar-refractivity contribution in [2.45, 2.75) is 13.8 Å². The summed E-state index contributed by atoms with van der Waals surface area (Å²) in [6.45, 7) is 3.82. The number of aryl methyl sites for hydroxylation is 1. The SMILES string of the molecule is COCCOCOc1cc(C=C2NC(=O)CN(C(C)=O)C2=O)ccc1C. The van der Waals surface area contributed by atoms with E-state index in [9.17, 15) is 14.4 Å². The minimum atomic E-state index is -0.539. The van der Waals surface area contributed by atoms with E-state index in [1.165, 1.54) is 13.0 Å². The highest BCUT2D eigenvalue weighted by Crippen LogP contribution is 2.22. The third kappa shape index (κ3) is 5.14. The molecule has 8 nitrogen and oxygen atoms in total. The van der Waals surface area contributed by atoms with Crippen LogP contribution in [0.3, 0.4) is 0 Å². The molecule has 1 aromatic carbocycles. The predicted molar refractivity (Wildman–Crippen MR) is 93.0 cm³/mol. The summed E-state index contributed by atoms with van der Waals surface area (Å²) in [4.78, 5) is 36.4. The Labute approximate surface area is 151 Å². The molecule has 0 aliphatic carbocycles. The number of rotatable bonds is 7. The summed E-state index contributed by atoms with van der Waals surface area (Å²) in [6.07, 6.45) is 1.51. The van der Waals surface area contributed by atoms with E-state index < -0.39 is 17.7 Å². The van der Waals surface area contributed by atoms with Gasteiger partial charge in [-0.15, -0.1) is 0 Å². The minimum absolute atomic E-state index is 0.0441. The molecular weight excluding hydrogens is 340 g/mol. The van der Waals surface area contributed by atoms with Gasteiger partial charge in [0.2, 0.25) is 11.8 Å². The molecule has 26 heavy (non-hydrogen) atoms. The van der Waals surface area contributed by atoms with Gasteiger partial charge in [0.25, 0.3) is 5.91 Å². The van der Waals surface area contributed by atoms with Gasteiger partial charge in [-0.2, -0.15) is 0 Å². The molecule has 1 heterocycles. The van der Waals surface area contributed by atoms with Gasteiger partial charge in [-0.1, -0.05) is 12.1 Å². The van der Waals surface area contributed by atoms with Gasteiger partial charge in [0.15, 0.2) is 6.79 Å². The molecule has 0 saturated carbocycles. The summed E-state index contributed by atoms with van der Waals surface area (Å²) in [7, 11) is 1.59. The van der Waals surface area contributed by atoms with Gasteiger partial charge < -0.3 is 19.5 Å². The molecule has 1 N–H and O–H groups in total. The number of nitrogens with zero attached hydrogens (tertiary/aromatic N) is 1.